The molecular formula is C21H26N2O3S. The van der Waals surface area contributed by atoms with Crippen molar-refractivity contribution >= 4 is 28.2 Å². The molecule has 1 heterocycles. The predicted molar refractivity (Wildman–Crippen MR) is 108 cm³/mol. The van der Waals surface area contributed by atoms with Crippen molar-refractivity contribution in [2.24, 2.45) is 5.92 Å². The molecule has 3 rings (SSSR count). The van der Waals surface area contributed by atoms with Crippen LogP contribution >= 0.6 is 11.3 Å². The Morgan fingerprint density at radius 3 is 2.70 bits per heavy atom. The van der Waals surface area contributed by atoms with Crippen molar-refractivity contribution in [2.75, 3.05) is 18.5 Å². The van der Waals surface area contributed by atoms with Crippen molar-refractivity contribution in [3.8, 4) is 0 Å². The maximum Gasteiger partial charge on any atom is 0.261 e. The number of hydrogen-bond acceptors (Lipinski definition) is 4. The van der Waals surface area contributed by atoms with Crippen LogP contribution in [0.3, 0.4) is 0 Å². The molecule has 6 heteroatoms. The Labute approximate surface area is 164 Å². The molecule has 0 saturated heterocycles. The van der Waals surface area contributed by atoms with Crippen LogP contribution in [0.4, 0.5) is 5.00 Å². The first kappa shape index (κ1) is 19.6. The van der Waals surface area contributed by atoms with E-state index in [1.165, 1.54) is 11.3 Å². The van der Waals surface area contributed by atoms with Crippen LogP contribution in [-0.2, 0) is 9.53 Å². The lowest BCUT2D eigenvalue weighted by Gasteiger charge is -2.13. The highest BCUT2D eigenvalue weighted by molar-refractivity contribution is 7.18. The third-order valence-electron chi connectivity index (χ3n) is 4.56. The Bertz CT molecular complexity index is 784. The number of anilines is 1. The van der Waals surface area contributed by atoms with Crippen molar-refractivity contribution < 1.29 is 14.3 Å². The van der Waals surface area contributed by atoms with Gasteiger partial charge in [0.1, 0.15) is 0 Å². The minimum Gasteiger partial charge on any atom is -0.374 e. The van der Waals surface area contributed by atoms with Crippen LogP contribution in [0.15, 0.2) is 36.4 Å². The summed E-state index contributed by atoms with van der Waals surface area (Å²) in [6.07, 6.45) is 2.72. The van der Waals surface area contributed by atoms with Gasteiger partial charge in [-0.2, -0.15) is 0 Å². The van der Waals surface area contributed by atoms with Gasteiger partial charge in [-0.25, -0.2) is 0 Å². The van der Waals surface area contributed by atoms with Gasteiger partial charge >= 0.3 is 0 Å². The van der Waals surface area contributed by atoms with Gasteiger partial charge in [0.15, 0.2) is 0 Å². The van der Waals surface area contributed by atoms with E-state index in [1.54, 1.807) is 0 Å². The number of rotatable bonds is 9. The molecule has 2 aromatic rings. The minimum atomic E-state index is -0.0967. The van der Waals surface area contributed by atoms with Gasteiger partial charge in [-0.3, -0.25) is 9.59 Å². The fourth-order valence-electron chi connectivity index (χ4n) is 2.77. The summed E-state index contributed by atoms with van der Waals surface area (Å²) >= 11 is 1.33. The van der Waals surface area contributed by atoms with Gasteiger partial charge < -0.3 is 15.4 Å². The second kappa shape index (κ2) is 9.15. The van der Waals surface area contributed by atoms with Crippen molar-refractivity contribution in [2.45, 2.75) is 39.2 Å². The maximum absolute atomic E-state index is 12.4. The molecule has 0 radical (unpaired) electrons. The molecule has 0 spiro atoms. The highest BCUT2D eigenvalue weighted by Crippen LogP contribution is 2.32. The lowest BCUT2D eigenvalue weighted by molar-refractivity contribution is -0.117. The largest absolute Gasteiger partial charge is 0.374 e. The lowest BCUT2D eigenvalue weighted by atomic mass is 10.1. The number of ether oxygens (including phenoxy) is 1. The highest BCUT2D eigenvalue weighted by atomic mass is 32.1. The van der Waals surface area contributed by atoms with Crippen LogP contribution in [0.25, 0.3) is 0 Å². The van der Waals surface area contributed by atoms with Gasteiger partial charge in [0.25, 0.3) is 5.91 Å². The summed E-state index contributed by atoms with van der Waals surface area (Å²) in [7, 11) is 0. The first-order valence-electron chi connectivity index (χ1n) is 9.40. The van der Waals surface area contributed by atoms with Crippen molar-refractivity contribution in [3.05, 3.63) is 52.4 Å². The monoisotopic (exact) mass is 386 g/mol. The summed E-state index contributed by atoms with van der Waals surface area (Å²) < 4.78 is 5.82. The summed E-state index contributed by atoms with van der Waals surface area (Å²) in [6, 6.07) is 11.9. The molecule has 1 aliphatic rings. The van der Waals surface area contributed by atoms with Crippen LogP contribution in [0.2, 0.25) is 0 Å². The Morgan fingerprint density at radius 2 is 2.00 bits per heavy atom. The van der Waals surface area contributed by atoms with Crippen molar-refractivity contribution in [1.29, 1.82) is 0 Å². The van der Waals surface area contributed by atoms with Crippen LogP contribution in [0, 0.1) is 12.8 Å². The van der Waals surface area contributed by atoms with Gasteiger partial charge in [0.05, 0.1) is 16.0 Å². The number of thiophene rings is 1. The number of aryl methyl sites for hydroxylation is 1. The quantitative estimate of drug-likeness (QED) is 0.631. The van der Waals surface area contributed by atoms with E-state index in [4.69, 9.17) is 4.74 Å². The number of carbonyl (C=O) groups is 2. The van der Waals surface area contributed by atoms with E-state index in [0.717, 1.165) is 35.4 Å². The molecule has 1 aromatic carbocycles. The molecule has 5 nitrogen and oxygen atoms in total. The fourth-order valence-corrected chi connectivity index (χ4v) is 3.76. The molecule has 144 valence electrons. The van der Waals surface area contributed by atoms with E-state index in [-0.39, 0.29) is 23.8 Å². The summed E-state index contributed by atoms with van der Waals surface area (Å²) in [5.41, 5.74) is 2.04. The average molecular weight is 387 g/mol. The standard InChI is InChI=1S/C21H26N2O3S/c1-14-13-18(23-20(24)17-9-10-17)27-19(14)21(25)22-11-6-12-26-15(2)16-7-4-3-5-8-16/h3-5,7-8,13,15,17H,6,9-12H2,1-2H3,(H,22,25)(H,23,24)/t15-/m0/s1. The van der Waals surface area contributed by atoms with E-state index in [2.05, 4.69) is 10.6 Å². The van der Waals surface area contributed by atoms with E-state index < -0.39 is 0 Å². The predicted octanol–water partition coefficient (Wildman–Crippen LogP) is 4.30. The van der Waals surface area contributed by atoms with Crippen LogP contribution < -0.4 is 10.6 Å². The Balaban J connectivity index is 1.39. The van der Waals surface area contributed by atoms with Crippen molar-refractivity contribution in [1.82, 2.24) is 5.32 Å². The van der Waals surface area contributed by atoms with E-state index in [9.17, 15) is 9.59 Å². The number of amides is 2. The zero-order valence-electron chi connectivity index (χ0n) is 15.8. The first-order valence-corrected chi connectivity index (χ1v) is 10.2. The number of nitrogens with one attached hydrogen (secondary N) is 2. The van der Waals surface area contributed by atoms with Gasteiger partial charge in [-0.15, -0.1) is 11.3 Å². The molecule has 1 fully saturated rings. The highest BCUT2D eigenvalue weighted by Gasteiger charge is 2.30. The second-order valence-electron chi connectivity index (χ2n) is 6.92. The number of hydrogen-bond donors (Lipinski definition) is 2. The molecule has 0 unspecified atom stereocenters. The maximum atomic E-state index is 12.4. The fraction of sp³-hybridized carbons (Fsp3) is 0.429. The van der Waals surface area contributed by atoms with E-state index in [1.807, 2.05) is 50.2 Å². The smallest absolute Gasteiger partial charge is 0.261 e. The average Bonchev–Trinajstić information content (AvgIpc) is 3.45. The van der Waals surface area contributed by atoms with Crippen LogP contribution in [-0.4, -0.2) is 25.0 Å². The van der Waals surface area contributed by atoms with Gasteiger partial charge in [-0.05, 0) is 50.3 Å². The molecule has 0 bridgehead atoms. The third-order valence-corrected chi connectivity index (χ3v) is 5.71. The summed E-state index contributed by atoms with van der Waals surface area (Å²) in [5.74, 6) is 0.122. The zero-order valence-corrected chi connectivity index (χ0v) is 16.6. The number of carbonyl (C=O) groups excluding carboxylic acids is 2. The van der Waals surface area contributed by atoms with E-state index >= 15 is 0 Å². The van der Waals surface area contributed by atoms with Gasteiger partial charge in [0, 0.05) is 19.1 Å². The topological polar surface area (TPSA) is 67.4 Å². The lowest BCUT2D eigenvalue weighted by Crippen LogP contribution is -2.25. The summed E-state index contributed by atoms with van der Waals surface area (Å²) in [4.78, 5) is 24.9. The van der Waals surface area contributed by atoms with E-state index in [0.29, 0.717) is 18.0 Å². The molecular weight excluding hydrogens is 360 g/mol. The molecule has 0 aliphatic heterocycles. The summed E-state index contributed by atoms with van der Waals surface area (Å²) in [6.45, 7) is 5.06. The molecule has 2 N–H and O–H groups in total. The SMILES string of the molecule is Cc1cc(NC(=O)C2CC2)sc1C(=O)NCCCO[C@@H](C)c1ccccc1. The van der Waals surface area contributed by atoms with Gasteiger partial charge in [0.2, 0.25) is 5.91 Å². The zero-order chi connectivity index (χ0) is 19.2. The first-order chi connectivity index (χ1) is 13.0. The molecule has 1 saturated carbocycles. The molecule has 27 heavy (non-hydrogen) atoms. The van der Waals surface area contributed by atoms with Crippen molar-refractivity contribution in [3.63, 3.8) is 0 Å². The van der Waals surface area contributed by atoms with Crippen LogP contribution in [0.1, 0.15) is 53.1 Å². The Morgan fingerprint density at radius 1 is 1.26 bits per heavy atom. The molecule has 2 amide bonds. The van der Waals surface area contributed by atoms with Gasteiger partial charge in [-0.1, -0.05) is 30.3 Å². The molecule has 1 aromatic heterocycles. The Hall–Kier alpha value is -2.18. The van der Waals surface area contributed by atoms with Crippen LogP contribution in [0.5, 0.6) is 0 Å². The number of benzene rings is 1. The second-order valence-corrected chi connectivity index (χ2v) is 7.97. The Kier molecular flexibility index (Phi) is 6.63. The summed E-state index contributed by atoms with van der Waals surface area (Å²) in [5, 5.41) is 6.58. The third kappa shape index (κ3) is 5.65. The molecule has 1 aliphatic carbocycles. The normalized spacial score (nSPS) is 14.6. The molecule has 1 atom stereocenters. The minimum absolute atomic E-state index is 0.0408.